The van der Waals surface area contributed by atoms with Gasteiger partial charge in [-0.2, -0.15) is 4.98 Å². The molecule has 0 radical (unpaired) electrons. The van der Waals surface area contributed by atoms with Crippen molar-refractivity contribution in [1.82, 2.24) is 14.5 Å². The summed E-state index contributed by atoms with van der Waals surface area (Å²) in [5, 5.41) is 31.6. The molecular weight excluding hydrogens is 347 g/mol. The van der Waals surface area contributed by atoms with Gasteiger partial charge < -0.3 is 25.8 Å². The zero-order chi connectivity index (χ0) is 17.6. The molecule has 1 fully saturated rings. The number of nitrogens with one attached hydrogen (secondary N) is 1. The normalized spacial score (nSPS) is 29.6. The zero-order valence-electron chi connectivity index (χ0n) is 11.9. The summed E-state index contributed by atoms with van der Waals surface area (Å²) in [4.78, 5) is 17.8. The minimum Gasteiger partial charge on any atom is -0.394 e. The monoisotopic (exact) mass is 358 g/mol. The number of anilines is 1. The second-order valence-corrected chi connectivity index (χ2v) is 5.42. The molecule has 11 heteroatoms. The van der Waals surface area contributed by atoms with Gasteiger partial charge in [0.2, 0.25) is 11.5 Å². The first kappa shape index (κ1) is 16.7. The van der Waals surface area contributed by atoms with E-state index in [9.17, 15) is 24.5 Å². The molecular formula is C13H12ClFN4O5. The van der Waals surface area contributed by atoms with Crippen molar-refractivity contribution in [2.24, 2.45) is 0 Å². The number of fused-ring (bicyclic) bond motifs is 1. The van der Waals surface area contributed by atoms with Crippen LogP contribution in [0.4, 0.5) is 10.3 Å². The predicted molar refractivity (Wildman–Crippen MR) is 80.3 cm³/mol. The van der Waals surface area contributed by atoms with E-state index in [2.05, 4.69) is 15.9 Å². The summed E-state index contributed by atoms with van der Waals surface area (Å²) in [6, 6.07) is 0. The van der Waals surface area contributed by atoms with Crippen LogP contribution in [0.15, 0.2) is 11.0 Å². The van der Waals surface area contributed by atoms with Crippen molar-refractivity contribution < 1.29 is 24.4 Å². The molecule has 1 aliphatic rings. The Morgan fingerprint density at radius 3 is 2.96 bits per heavy atom. The lowest BCUT2D eigenvalue weighted by molar-refractivity contribution is -0.0720. The zero-order valence-corrected chi connectivity index (χ0v) is 12.7. The van der Waals surface area contributed by atoms with Crippen LogP contribution in [0.1, 0.15) is 6.23 Å². The van der Waals surface area contributed by atoms with E-state index >= 15 is 0 Å². The van der Waals surface area contributed by atoms with Crippen molar-refractivity contribution in [3.05, 3.63) is 22.4 Å². The SMILES string of the molecule is Nc1nc2c(c(F)cn2[C@@H]2O[C@H](CO)C(O)[C@]2(O)C#CCl)c(=O)[nH]1. The van der Waals surface area contributed by atoms with Crippen LogP contribution in [0.2, 0.25) is 0 Å². The topological polar surface area (TPSA) is 147 Å². The van der Waals surface area contributed by atoms with E-state index < -0.39 is 47.4 Å². The van der Waals surface area contributed by atoms with E-state index in [4.69, 9.17) is 22.1 Å². The fourth-order valence-corrected chi connectivity index (χ4v) is 2.86. The van der Waals surface area contributed by atoms with Gasteiger partial charge in [0.25, 0.3) is 5.56 Å². The number of hydrogen-bond donors (Lipinski definition) is 5. The Morgan fingerprint density at radius 1 is 1.62 bits per heavy atom. The van der Waals surface area contributed by atoms with Gasteiger partial charge in [0, 0.05) is 11.6 Å². The number of aromatic amines is 1. The third-order valence-corrected chi connectivity index (χ3v) is 3.91. The molecule has 6 N–H and O–H groups in total. The summed E-state index contributed by atoms with van der Waals surface area (Å²) >= 11 is 5.33. The van der Waals surface area contributed by atoms with Crippen molar-refractivity contribution in [3.63, 3.8) is 0 Å². The molecule has 0 bridgehead atoms. The third-order valence-electron chi connectivity index (χ3n) is 3.82. The molecule has 3 rings (SSSR count). The number of H-pyrrole nitrogens is 1. The number of nitrogens with two attached hydrogens (primary N) is 1. The maximum Gasteiger partial charge on any atom is 0.264 e. The van der Waals surface area contributed by atoms with Gasteiger partial charge in [-0.1, -0.05) is 0 Å². The Morgan fingerprint density at radius 2 is 2.33 bits per heavy atom. The lowest BCUT2D eigenvalue weighted by Crippen LogP contribution is -2.45. The van der Waals surface area contributed by atoms with Crippen LogP contribution in [0, 0.1) is 17.1 Å². The van der Waals surface area contributed by atoms with E-state index in [-0.39, 0.29) is 11.6 Å². The molecule has 1 unspecified atom stereocenters. The van der Waals surface area contributed by atoms with Crippen LogP contribution >= 0.6 is 11.6 Å². The summed E-state index contributed by atoms with van der Waals surface area (Å²) in [5.41, 5.74) is 2.15. The van der Waals surface area contributed by atoms with Crippen molar-refractivity contribution in [1.29, 1.82) is 0 Å². The molecule has 1 saturated heterocycles. The van der Waals surface area contributed by atoms with Gasteiger partial charge >= 0.3 is 0 Å². The van der Waals surface area contributed by atoms with Crippen LogP contribution in [0.5, 0.6) is 0 Å². The molecule has 0 amide bonds. The van der Waals surface area contributed by atoms with E-state index in [1.165, 1.54) is 0 Å². The van der Waals surface area contributed by atoms with Crippen molar-refractivity contribution in [2.75, 3.05) is 12.3 Å². The van der Waals surface area contributed by atoms with Gasteiger partial charge in [-0.05, 0) is 17.5 Å². The number of aliphatic hydroxyl groups excluding tert-OH is 2. The average Bonchev–Trinajstić information content (AvgIpc) is 2.96. The second kappa shape index (κ2) is 5.73. The highest BCUT2D eigenvalue weighted by molar-refractivity contribution is 6.30. The minimum absolute atomic E-state index is 0.223. The number of halogens is 2. The lowest BCUT2D eigenvalue weighted by atomic mass is 9.95. The molecule has 1 aliphatic heterocycles. The van der Waals surface area contributed by atoms with E-state index in [1.54, 1.807) is 0 Å². The third kappa shape index (κ3) is 2.26. The first-order valence-corrected chi connectivity index (χ1v) is 7.06. The smallest absolute Gasteiger partial charge is 0.264 e. The number of rotatable bonds is 2. The second-order valence-electron chi connectivity index (χ2n) is 5.23. The molecule has 0 saturated carbocycles. The maximum absolute atomic E-state index is 14.1. The van der Waals surface area contributed by atoms with Crippen LogP contribution in [-0.4, -0.2) is 54.3 Å². The van der Waals surface area contributed by atoms with Gasteiger partial charge in [-0.25, -0.2) is 4.39 Å². The Balaban J connectivity index is 2.26. The summed E-state index contributed by atoms with van der Waals surface area (Å²) in [6.07, 6.45) is -3.49. The molecule has 2 aromatic rings. The standard InChI is InChI=1S/C13H12ClFN4O5/c14-2-1-13(23)8(21)6(4-20)24-11(13)19-3-5(15)7-9(19)17-12(16)18-10(7)22/h3,6,8,11,20-21,23H,4H2,(H3,16,17,18,22)/t6-,8?,11-,13-/m1/s1. The van der Waals surface area contributed by atoms with Gasteiger partial charge in [0.15, 0.2) is 17.7 Å². The highest BCUT2D eigenvalue weighted by Crippen LogP contribution is 2.40. The highest BCUT2D eigenvalue weighted by Gasteiger charge is 2.56. The minimum atomic E-state index is -2.27. The van der Waals surface area contributed by atoms with Crippen LogP contribution in [0.3, 0.4) is 0 Å². The highest BCUT2D eigenvalue weighted by atomic mass is 35.5. The summed E-state index contributed by atoms with van der Waals surface area (Å²) in [7, 11) is 0. The molecule has 0 aliphatic carbocycles. The molecule has 9 nitrogen and oxygen atoms in total. The number of nitrogens with zero attached hydrogens (tertiary/aromatic N) is 2. The van der Waals surface area contributed by atoms with E-state index in [0.29, 0.717) is 0 Å². The molecule has 24 heavy (non-hydrogen) atoms. The van der Waals surface area contributed by atoms with Crippen LogP contribution < -0.4 is 11.3 Å². The fraction of sp³-hybridized carbons (Fsp3) is 0.385. The summed E-state index contributed by atoms with van der Waals surface area (Å²) in [6.45, 7) is -0.637. The predicted octanol–water partition coefficient (Wildman–Crippen LogP) is -1.37. The molecule has 2 aromatic heterocycles. The quantitative estimate of drug-likeness (QED) is 0.416. The Hall–Kier alpha value is -2.16. The number of hydrogen-bond acceptors (Lipinski definition) is 7. The van der Waals surface area contributed by atoms with Gasteiger partial charge in [0.05, 0.1) is 6.61 Å². The Bertz CT molecular complexity index is 919. The fourth-order valence-electron chi connectivity index (χ4n) is 2.71. The molecule has 3 heterocycles. The van der Waals surface area contributed by atoms with Crippen LogP contribution in [0.25, 0.3) is 11.0 Å². The Labute approximate surface area is 138 Å². The number of aromatic nitrogens is 3. The first-order valence-electron chi connectivity index (χ1n) is 6.69. The number of aliphatic hydroxyl groups is 3. The largest absolute Gasteiger partial charge is 0.394 e. The number of ether oxygens (including phenoxy) is 1. The van der Waals surface area contributed by atoms with Crippen molar-refractivity contribution in [2.45, 2.75) is 24.0 Å². The average molecular weight is 359 g/mol. The number of nitrogen functional groups attached to an aromatic ring is 1. The van der Waals surface area contributed by atoms with E-state index in [0.717, 1.165) is 10.8 Å². The maximum atomic E-state index is 14.1. The van der Waals surface area contributed by atoms with Crippen molar-refractivity contribution in [3.8, 4) is 11.3 Å². The van der Waals surface area contributed by atoms with Crippen LogP contribution in [-0.2, 0) is 4.74 Å². The van der Waals surface area contributed by atoms with Gasteiger partial charge in [-0.3, -0.25) is 14.3 Å². The van der Waals surface area contributed by atoms with Crippen molar-refractivity contribution >= 4 is 28.6 Å². The van der Waals surface area contributed by atoms with Gasteiger partial charge in [0.1, 0.15) is 17.6 Å². The summed E-state index contributed by atoms with van der Waals surface area (Å²) in [5.74, 6) is 0.963. The Kier molecular flexibility index (Phi) is 3.98. The first-order chi connectivity index (χ1) is 11.3. The van der Waals surface area contributed by atoms with Gasteiger partial charge in [-0.15, -0.1) is 0 Å². The molecule has 128 valence electrons. The lowest BCUT2D eigenvalue weighted by Gasteiger charge is -2.26. The molecule has 0 aromatic carbocycles. The van der Waals surface area contributed by atoms with E-state index in [1.807, 2.05) is 5.38 Å². The molecule has 4 atom stereocenters. The summed E-state index contributed by atoms with van der Waals surface area (Å²) < 4.78 is 20.5. The molecule has 0 spiro atoms.